The molecule has 0 radical (unpaired) electrons. The number of benzene rings is 1. The van der Waals surface area contributed by atoms with Gasteiger partial charge in [-0.2, -0.15) is 5.26 Å². The maximum atomic E-state index is 11.3. The second-order valence-corrected chi connectivity index (χ2v) is 4.00. The quantitative estimate of drug-likeness (QED) is 0.849. The fourth-order valence-corrected chi connectivity index (χ4v) is 1.80. The maximum absolute atomic E-state index is 11.3. The van der Waals surface area contributed by atoms with Crippen molar-refractivity contribution in [3.05, 3.63) is 23.8 Å². The third-order valence-corrected chi connectivity index (χ3v) is 2.91. The lowest BCUT2D eigenvalue weighted by Gasteiger charge is -2.14. The van der Waals surface area contributed by atoms with E-state index < -0.39 is 5.92 Å². The third-order valence-electron chi connectivity index (χ3n) is 2.91. The van der Waals surface area contributed by atoms with E-state index in [4.69, 9.17) is 9.47 Å². The van der Waals surface area contributed by atoms with Crippen LogP contribution >= 0.6 is 0 Å². The number of carbonyl (C=O) groups excluding carboxylic acids is 1. The lowest BCUT2D eigenvalue weighted by molar-refractivity contribution is -0.120. The molecule has 5 nitrogen and oxygen atoms in total. The molecular weight excluding hydrogens is 244 g/mol. The summed E-state index contributed by atoms with van der Waals surface area (Å²) in [5.41, 5.74) is 0.744. The van der Waals surface area contributed by atoms with Gasteiger partial charge in [0.1, 0.15) is 11.5 Å². The summed E-state index contributed by atoms with van der Waals surface area (Å²) in [6, 6.07) is 7.52. The van der Waals surface area contributed by atoms with Crippen molar-refractivity contribution < 1.29 is 14.3 Å². The summed E-state index contributed by atoms with van der Waals surface area (Å²) in [6.07, 6.45) is 0.745. The molecule has 1 unspecified atom stereocenters. The van der Waals surface area contributed by atoms with Gasteiger partial charge >= 0.3 is 0 Å². The molecule has 1 rings (SSSR count). The minimum atomic E-state index is -0.401. The second-order valence-electron chi connectivity index (χ2n) is 4.00. The zero-order valence-corrected chi connectivity index (χ0v) is 11.4. The Bertz CT molecular complexity index is 480. The van der Waals surface area contributed by atoms with Crippen molar-refractivity contribution in [3.8, 4) is 17.6 Å². The van der Waals surface area contributed by atoms with Gasteiger partial charge in [-0.1, -0.05) is 0 Å². The van der Waals surface area contributed by atoms with Crippen LogP contribution in [0.3, 0.4) is 0 Å². The van der Waals surface area contributed by atoms with E-state index in [0.717, 1.165) is 5.56 Å². The van der Waals surface area contributed by atoms with Gasteiger partial charge in [-0.15, -0.1) is 0 Å². The van der Waals surface area contributed by atoms with Gasteiger partial charge in [0.05, 0.1) is 26.2 Å². The molecule has 0 bridgehead atoms. The summed E-state index contributed by atoms with van der Waals surface area (Å²) < 4.78 is 10.4. The molecule has 1 atom stereocenters. The number of hydrogen-bond acceptors (Lipinski definition) is 4. The Morgan fingerprint density at radius 2 is 2.16 bits per heavy atom. The fourth-order valence-electron chi connectivity index (χ4n) is 1.80. The number of nitrogens with one attached hydrogen (secondary N) is 1. The molecule has 0 saturated carbocycles. The molecule has 0 aliphatic heterocycles. The van der Waals surface area contributed by atoms with Crippen molar-refractivity contribution in [2.75, 3.05) is 21.3 Å². The molecule has 102 valence electrons. The number of methoxy groups -OCH3 is 2. The van der Waals surface area contributed by atoms with Crippen LogP contribution in [0.15, 0.2) is 18.2 Å². The van der Waals surface area contributed by atoms with Gasteiger partial charge in [0.15, 0.2) is 0 Å². The molecule has 0 spiro atoms. The first-order chi connectivity index (χ1) is 9.15. The Labute approximate surface area is 113 Å². The Morgan fingerprint density at radius 3 is 2.68 bits per heavy atom. The summed E-state index contributed by atoms with van der Waals surface area (Å²) >= 11 is 0. The van der Waals surface area contributed by atoms with Crippen LogP contribution in [0.4, 0.5) is 0 Å². The van der Waals surface area contributed by atoms with Crippen LogP contribution in [0.2, 0.25) is 0 Å². The molecular formula is C14H18N2O3. The number of rotatable bonds is 6. The summed E-state index contributed by atoms with van der Waals surface area (Å²) in [5.74, 6) is 0.810. The molecule has 1 aromatic carbocycles. The van der Waals surface area contributed by atoms with Crippen molar-refractivity contribution in [3.63, 3.8) is 0 Å². The summed E-state index contributed by atoms with van der Waals surface area (Å²) in [6.45, 7) is 0. The molecule has 0 fully saturated rings. The van der Waals surface area contributed by atoms with Crippen LogP contribution in [-0.2, 0) is 4.79 Å². The molecule has 1 N–H and O–H groups in total. The maximum Gasteiger partial charge on any atom is 0.219 e. The minimum Gasteiger partial charge on any atom is -0.497 e. The average Bonchev–Trinajstić information content (AvgIpc) is 2.47. The zero-order chi connectivity index (χ0) is 14.3. The van der Waals surface area contributed by atoms with E-state index in [0.29, 0.717) is 24.3 Å². The van der Waals surface area contributed by atoms with Crippen molar-refractivity contribution in [2.24, 2.45) is 0 Å². The third kappa shape index (κ3) is 3.88. The highest BCUT2D eigenvalue weighted by Gasteiger charge is 2.17. The standard InChI is InChI=1S/C14H18N2O3/c1-16-14(17)7-4-10(9-15)12-8-11(18-2)5-6-13(12)19-3/h5-6,8,10H,4,7H2,1-3H3,(H,16,17). The van der Waals surface area contributed by atoms with Gasteiger partial charge < -0.3 is 14.8 Å². The summed E-state index contributed by atoms with van der Waals surface area (Å²) in [7, 11) is 4.70. The van der Waals surface area contributed by atoms with Crippen molar-refractivity contribution in [1.82, 2.24) is 5.32 Å². The molecule has 0 aromatic heterocycles. The average molecular weight is 262 g/mol. The van der Waals surface area contributed by atoms with Crippen LogP contribution in [-0.4, -0.2) is 27.2 Å². The number of nitrogens with zero attached hydrogens (tertiary/aromatic N) is 1. The molecule has 0 heterocycles. The molecule has 19 heavy (non-hydrogen) atoms. The molecule has 0 aliphatic carbocycles. The summed E-state index contributed by atoms with van der Waals surface area (Å²) in [4.78, 5) is 11.3. The van der Waals surface area contributed by atoms with E-state index >= 15 is 0 Å². The minimum absolute atomic E-state index is 0.0814. The largest absolute Gasteiger partial charge is 0.497 e. The van der Waals surface area contributed by atoms with Gasteiger partial charge in [-0.3, -0.25) is 4.79 Å². The molecule has 1 amide bonds. The highest BCUT2D eigenvalue weighted by molar-refractivity contribution is 5.75. The topological polar surface area (TPSA) is 71.4 Å². The highest BCUT2D eigenvalue weighted by Crippen LogP contribution is 2.32. The molecule has 1 aromatic rings. The van der Waals surface area contributed by atoms with Gasteiger partial charge in [-0.25, -0.2) is 0 Å². The smallest absolute Gasteiger partial charge is 0.219 e. The monoisotopic (exact) mass is 262 g/mol. The van der Waals surface area contributed by atoms with E-state index in [1.54, 1.807) is 39.5 Å². The predicted molar refractivity (Wildman–Crippen MR) is 71.2 cm³/mol. The molecule has 0 aliphatic rings. The van der Waals surface area contributed by atoms with Gasteiger partial charge in [0.2, 0.25) is 5.91 Å². The number of carbonyl (C=O) groups is 1. The van der Waals surface area contributed by atoms with E-state index in [1.165, 1.54) is 0 Å². The summed E-state index contributed by atoms with van der Waals surface area (Å²) in [5, 5.41) is 11.8. The first kappa shape index (κ1) is 14.8. The fraction of sp³-hybridized carbons (Fsp3) is 0.429. The number of amides is 1. The Hall–Kier alpha value is -2.22. The normalized spacial score (nSPS) is 11.3. The van der Waals surface area contributed by atoms with Crippen LogP contribution in [0, 0.1) is 11.3 Å². The highest BCUT2D eigenvalue weighted by atomic mass is 16.5. The number of ether oxygens (including phenoxy) is 2. The number of hydrogen-bond donors (Lipinski definition) is 1. The first-order valence-electron chi connectivity index (χ1n) is 5.98. The van der Waals surface area contributed by atoms with E-state index in [9.17, 15) is 10.1 Å². The molecule has 0 saturated heterocycles. The first-order valence-corrected chi connectivity index (χ1v) is 5.98. The van der Waals surface area contributed by atoms with Crippen LogP contribution in [0.25, 0.3) is 0 Å². The van der Waals surface area contributed by atoms with Crippen LogP contribution in [0.5, 0.6) is 11.5 Å². The predicted octanol–water partition coefficient (Wildman–Crippen LogP) is 1.84. The van der Waals surface area contributed by atoms with Crippen molar-refractivity contribution in [1.29, 1.82) is 5.26 Å². The van der Waals surface area contributed by atoms with E-state index in [1.807, 2.05) is 0 Å². The van der Waals surface area contributed by atoms with Crippen molar-refractivity contribution in [2.45, 2.75) is 18.8 Å². The Balaban J connectivity index is 2.96. The Kier molecular flexibility index (Phi) is 5.68. The van der Waals surface area contributed by atoms with Crippen LogP contribution < -0.4 is 14.8 Å². The lowest BCUT2D eigenvalue weighted by atomic mass is 9.94. The molecule has 5 heteroatoms. The SMILES string of the molecule is CNC(=O)CCC(C#N)c1cc(OC)ccc1OC. The Morgan fingerprint density at radius 1 is 1.42 bits per heavy atom. The van der Waals surface area contributed by atoms with Crippen LogP contribution in [0.1, 0.15) is 24.3 Å². The van der Waals surface area contributed by atoms with Gasteiger partial charge in [0.25, 0.3) is 0 Å². The van der Waals surface area contributed by atoms with Gasteiger partial charge in [0, 0.05) is 19.0 Å². The van der Waals surface area contributed by atoms with E-state index in [2.05, 4.69) is 11.4 Å². The van der Waals surface area contributed by atoms with Gasteiger partial charge in [-0.05, 0) is 24.6 Å². The number of nitriles is 1. The second kappa shape index (κ2) is 7.27. The van der Waals surface area contributed by atoms with E-state index in [-0.39, 0.29) is 5.91 Å². The van der Waals surface area contributed by atoms with Crippen molar-refractivity contribution >= 4 is 5.91 Å². The zero-order valence-electron chi connectivity index (χ0n) is 11.4. The lowest BCUT2D eigenvalue weighted by Crippen LogP contribution is -2.18.